The number of nitrogen functional groups attached to an aromatic ring is 1. The Morgan fingerprint density at radius 3 is 2.78 bits per heavy atom. The third-order valence-electron chi connectivity index (χ3n) is 2.08. The fourth-order valence-corrected chi connectivity index (χ4v) is 1.74. The van der Waals surface area contributed by atoms with Crippen LogP contribution in [0, 0.1) is 0 Å². The summed E-state index contributed by atoms with van der Waals surface area (Å²) < 4.78 is 11.0. The summed E-state index contributed by atoms with van der Waals surface area (Å²) in [5.41, 5.74) is 6.91. The Morgan fingerprint density at radius 1 is 1.39 bits per heavy atom. The van der Waals surface area contributed by atoms with Crippen molar-refractivity contribution in [2.75, 3.05) is 37.5 Å². The van der Waals surface area contributed by atoms with Gasteiger partial charge in [-0.25, -0.2) is 0 Å². The first-order chi connectivity index (χ1) is 8.63. The van der Waals surface area contributed by atoms with Crippen LogP contribution in [0.4, 0.5) is 11.4 Å². The van der Waals surface area contributed by atoms with E-state index in [1.165, 1.54) is 0 Å². The van der Waals surface area contributed by atoms with Crippen LogP contribution in [0.15, 0.2) is 22.7 Å². The predicted molar refractivity (Wildman–Crippen MR) is 74.5 cm³/mol. The van der Waals surface area contributed by atoms with Gasteiger partial charge in [0.05, 0.1) is 18.9 Å². The second-order valence-electron chi connectivity index (χ2n) is 3.54. The number of benzene rings is 1. The van der Waals surface area contributed by atoms with E-state index in [0.717, 1.165) is 4.47 Å². The quantitative estimate of drug-likeness (QED) is 0.596. The molecule has 0 aromatic heterocycles. The van der Waals surface area contributed by atoms with Crippen LogP contribution in [0.5, 0.6) is 0 Å². The van der Waals surface area contributed by atoms with Gasteiger partial charge in [0, 0.05) is 16.8 Å². The standard InChI is InChI=1S/C12H17BrN2O3/c1-2-17-5-6-18-8-12(16)15-11-4-3-9(14)7-10(11)13/h3-4,7H,2,5-6,8,14H2,1H3,(H,15,16). The third-order valence-corrected chi connectivity index (χ3v) is 2.73. The van der Waals surface area contributed by atoms with E-state index >= 15 is 0 Å². The molecule has 0 saturated heterocycles. The number of amides is 1. The van der Waals surface area contributed by atoms with Gasteiger partial charge < -0.3 is 20.5 Å². The van der Waals surface area contributed by atoms with Gasteiger partial charge in [0.25, 0.3) is 0 Å². The molecule has 0 atom stereocenters. The van der Waals surface area contributed by atoms with E-state index < -0.39 is 0 Å². The minimum absolute atomic E-state index is 0.00386. The van der Waals surface area contributed by atoms with Gasteiger partial charge in [0.15, 0.2) is 0 Å². The molecule has 0 spiro atoms. The van der Waals surface area contributed by atoms with Crippen LogP contribution < -0.4 is 11.1 Å². The smallest absolute Gasteiger partial charge is 0.250 e. The second kappa shape index (κ2) is 8.07. The molecule has 100 valence electrons. The number of nitrogens with one attached hydrogen (secondary N) is 1. The number of halogens is 1. The Bertz CT molecular complexity index is 399. The highest BCUT2D eigenvalue weighted by Gasteiger charge is 2.05. The molecule has 0 aliphatic heterocycles. The van der Waals surface area contributed by atoms with Crippen molar-refractivity contribution in [3.8, 4) is 0 Å². The number of carbonyl (C=O) groups is 1. The summed E-state index contributed by atoms with van der Waals surface area (Å²) in [6, 6.07) is 5.18. The lowest BCUT2D eigenvalue weighted by molar-refractivity contribution is -0.121. The van der Waals surface area contributed by atoms with Crippen molar-refractivity contribution in [3.63, 3.8) is 0 Å². The molecule has 1 amide bonds. The second-order valence-corrected chi connectivity index (χ2v) is 4.39. The molecule has 1 rings (SSSR count). The maximum atomic E-state index is 11.6. The minimum Gasteiger partial charge on any atom is -0.399 e. The zero-order valence-electron chi connectivity index (χ0n) is 10.2. The number of hydrogen-bond donors (Lipinski definition) is 2. The zero-order valence-corrected chi connectivity index (χ0v) is 11.8. The van der Waals surface area contributed by atoms with Gasteiger partial charge in [-0.15, -0.1) is 0 Å². The van der Waals surface area contributed by atoms with Crippen LogP contribution >= 0.6 is 15.9 Å². The maximum Gasteiger partial charge on any atom is 0.250 e. The molecule has 0 unspecified atom stereocenters. The summed E-state index contributed by atoms with van der Waals surface area (Å²) in [6.07, 6.45) is 0. The van der Waals surface area contributed by atoms with Crippen LogP contribution in [0.3, 0.4) is 0 Å². The van der Waals surface area contributed by atoms with Gasteiger partial charge in [-0.2, -0.15) is 0 Å². The normalized spacial score (nSPS) is 10.3. The molecule has 0 bridgehead atoms. The number of nitrogens with two attached hydrogens (primary N) is 1. The van der Waals surface area contributed by atoms with Crippen molar-refractivity contribution in [2.45, 2.75) is 6.92 Å². The lowest BCUT2D eigenvalue weighted by Gasteiger charge is -2.08. The number of rotatable bonds is 7. The molecule has 18 heavy (non-hydrogen) atoms. The molecule has 0 radical (unpaired) electrons. The van der Waals surface area contributed by atoms with Crippen molar-refractivity contribution in [2.24, 2.45) is 0 Å². The molecule has 0 aliphatic rings. The van der Waals surface area contributed by atoms with Gasteiger partial charge >= 0.3 is 0 Å². The van der Waals surface area contributed by atoms with Gasteiger partial charge in [-0.1, -0.05) is 0 Å². The zero-order chi connectivity index (χ0) is 13.4. The summed E-state index contributed by atoms with van der Waals surface area (Å²) in [6.45, 7) is 3.46. The predicted octanol–water partition coefficient (Wildman–Crippen LogP) is 2.02. The highest BCUT2D eigenvalue weighted by molar-refractivity contribution is 9.10. The molecular formula is C12H17BrN2O3. The molecule has 0 fully saturated rings. The molecule has 0 saturated carbocycles. The molecule has 1 aromatic carbocycles. The fourth-order valence-electron chi connectivity index (χ4n) is 1.25. The van der Waals surface area contributed by atoms with E-state index in [2.05, 4.69) is 21.2 Å². The summed E-state index contributed by atoms with van der Waals surface area (Å²) >= 11 is 3.32. The van der Waals surface area contributed by atoms with Crippen LogP contribution in [-0.2, 0) is 14.3 Å². The van der Waals surface area contributed by atoms with E-state index in [1.54, 1.807) is 18.2 Å². The molecular weight excluding hydrogens is 300 g/mol. The van der Waals surface area contributed by atoms with Gasteiger partial charge in [-0.05, 0) is 41.1 Å². The molecule has 0 heterocycles. The molecule has 1 aromatic rings. The van der Waals surface area contributed by atoms with Crippen LogP contribution in [-0.4, -0.2) is 32.3 Å². The Hall–Kier alpha value is -1.11. The molecule has 0 aliphatic carbocycles. The van der Waals surface area contributed by atoms with E-state index in [9.17, 15) is 4.79 Å². The minimum atomic E-state index is -0.211. The number of anilines is 2. The van der Waals surface area contributed by atoms with Crippen molar-refractivity contribution < 1.29 is 14.3 Å². The average molecular weight is 317 g/mol. The van der Waals surface area contributed by atoms with Gasteiger partial charge in [-0.3, -0.25) is 4.79 Å². The summed E-state index contributed by atoms with van der Waals surface area (Å²) in [4.78, 5) is 11.6. The number of hydrogen-bond acceptors (Lipinski definition) is 4. The lowest BCUT2D eigenvalue weighted by atomic mass is 10.3. The monoisotopic (exact) mass is 316 g/mol. The third kappa shape index (κ3) is 5.48. The first-order valence-corrected chi connectivity index (χ1v) is 6.43. The molecule has 3 N–H and O–H groups in total. The topological polar surface area (TPSA) is 73.6 Å². The lowest BCUT2D eigenvalue weighted by Crippen LogP contribution is -2.20. The van der Waals surface area contributed by atoms with E-state index in [-0.39, 0.29) is 12.5 Å². The van der Waals surface area contributed by atoms with Gasteiger partial charge in [0.2, 0.25) is 5.91 Å². The maximum absolute atomic E-state index is 11.6. The number of carbonyl (C=O) groups excluding carboxylic acids is 1. The summed E-state index contributed by atoms with van der Waals surface area (Å²) in [5, 5.41) is 2.72. The summed E-state index contributed by atoms with van der Waals surface area (Å²) in [5.74, 6) is -0.211. The van der Waals surface area contributed by atoms with E-state index in [4.69, 9.17) is 15.2 Å². The Kier molecular flexibility index (Phi) is 6.70. The van der Waals surface area contributed by atoms with E-state index in [1.807, 2.05) is 6.92 Å². The molecule has 5 nitrogen and oxygen atoms in total. The highest BCUT2D eigenvalue weighted by atomic mass is 79.9. The Morgan fingerprint density at radius 2 is 2.11 bits per heavy atom. The van der Waals surface area contributed by atoms with E-state index in [0.29, 0.717) is 31.2 Å². The fraction of sp³-hybridized carbons (Fsp3) is 0.417. The van der Waals surface area contributed by atoms with Crippen molar-refractivity contribution in [1.29, 1.82) is 0 Å². The highest BCUT2D eigenvalue weighted by Crippen LogP contribution is 2.24. The van der Waals surface area contributed by atoms with Crippen molar-refractivity contribution in [3.05, 3.63) is 22.7 Å². The number of ether oxygens (including phenoxy) is 2. The van der Waals surface area contributed by atoms with Crippen LogP contribution in [0.25, 0.3) is 0 Å². The van der Waals surface area contributed by atoms with Gasteiger partial charge in [0.1, 0.15) is 6.61 Å². The van der Waals surface area contributed by atoms with Crippen LogP contribution in [0.2, 0.25) is 0 Å². The summed E-state index contributed by atoms with van der Waals surface area (Å²) in [7, 11) is 0. The van der Waals surface area contributed by atoms with Crippen molar-refractivity contribution in [1.82, 2.24) is 0 Å². The van der Waals surface area contributed by atoms with Crippen molar-refractivity contribution >= 4 is 33.2 Å². The average Bonchev–Trinajstić information content (AvgIpc) is 2.32. The first kappa shape index (κ1) is 14.9. The van der Waals surface area contributed by atoms with Crippen LogP contribution in [0.1, 0.15) is 6.92 Å². The Balaban J connectivity index is 2.31. The molecule has 6 heteroatoms. The Labute approximate surface area is 115 Å². The first-order valence-electron chi connectivity index (χ1n) is 5.64. The largest absolute Gasteiger partial charge is 0.399 e. The SMILES string of the molecule is CCOCCOCC(=O)Nc1ccc(N)cc1Br.